The average Bonchev–Trinajstić information content (AvgIpc) is 2.77. The van der Waals surface area contributed by atoms with Gasteiger partial charge in [-0.25, -0.2) is 0 Å². The summed E-state index contributed by atoms with van der Waals surface area (Å²) in [6, 6.07) is 7.67. The lowest BCUT2D eigenvalue weighted by molar-refractivity contribution is -0.132. The summed E-state index contributed by atoms with van der Waals surface area (Å²) in [6.07, 6.45) is 1.68. The second-order valence-corrected chi connectivity index (χ2v) is 5.35. The fourth-order valence-corrected chi connectivity index (χ4v) is 2.95. The number of benzene rings is 1. The van der Waals surface area contributed by atoms with Crippen LogP contribution in [0.25, 0.3) is 0 Å². The number of carbonyl (C=O) groups excluding carboxylic acids is 1. The van der Waals surface area contributed by atoms with Gasteiger partial charge in [-0.15, -0.1) is 0 Å². The first kappa shape index (κ1) is 14.3. The van der Waals surface area contributed by atoms with E-state index in [-0.39, 0.29) is 5.91 Å². The minimum Gasteiger partial charge on any atom is -0.382 e. The van der Waals surface area contributed by atoms with Crippen LogP contribution >= 0.6 is 11.6 Å². The van der Waals surface area contributed by atoms with Crippen LogP contribution in [-0.2, 0) is 16.1 Å². The summed E-state index contributed by atoms with van der Waals surface area (Å²) in [6.45, 7) is 1.77. The first-order chi connectivity index (χ1) is 9.10. The zero-order valence-electron chi connectivity index (χ0n) is 11.1. The van der Waals surface area contributed by atoms with Gasteiger partial charge in [0.2, 0.25) is 5.91 Å². The van der Waals surface area contributed by atoms with Gasteiger partial charge in [0, 0.05) is 18.7 Å². The minimum atomic E-state index is -0.700. The molecular weight excluding hydrogens is 264 g/mol. The molecule has 4 nitrogen and oxygen atoms in total. The van der Waals surface area contributed by atoms with E-state index in [4.69, 9.17) is 22.1 Å². The second kappa shape index (κ2) is 5.90. The van der Waals surface area contributed by atoms with Crippen molar-refractivity contribution in [2.45, 2.75) is 24.9 Å². The molecule has 1 heterocycles. The van der Waals surface area contributed by atoms with Crippen molar-refractivity contribution in [3.63, 3.8) is 0 Å². The quantitative estimate of drug-likeness (QED) is 0.896. The van der Waals surface area contributed by atoms with Crippen molar-refractivity contribution in [1.82, 2.24) is 4.90 Å². The number of nitrogens with zero attached hydrogens (tertiary/aromatic N) is 1. The average molecular weight is 283 g/mol. The summed E-state index contributed by atoms with van der Waals surface area (Å²) in [4.78, 5) is 13.9. The van der Waals surface area contributed by atoms with Crippen LogP contribution in [0.15, 0.2) is 24.3 Å². The van der Waals surface area contributed by atoms with E-state index in [1.54, 1.807) is 7.11 Å². The van der Waals surface area contributed by atoms with Gasteiger partial charge < -0.3 is 10.5 Å². The SMILES string of the molecule is COCC1(C(N)=O)CCCN1Cc1ccccc1Cl. The maximum Gasteiger partial charge on any atom is 0.240 e. The second-order valence-electron chi connectivity index (χ2n) is 4.95. The topological polar surface area (TPSA) is 55.6 Å². The molecule has 104 valence electrons. The molecule has 19 heavy (non-hydrogen) atoms. The number of rotatable bonds is 5. The van der Waals surface area contributed by atoms with E-state index in [1.807, 2.05) is 24.3 Å². The highest BCUT2D eigenvalue weighted by Crippen LogP contribution is 2.32. The molecule has 1 aromatic carbocycles. The summed E-state index contributed by atoms with van der Waals surface area (Å²) < 4.78 is 5.21. The van der Waals surface area contributed by atoms with Crippen molar-refractivity contribution in [1.29, 1.82) is 0 Å². The Morgan fingerprint density at radius 1 is 1.53 bits per heavy atom. The molecule has 1 aromatic rings. The Morgan fingerprint density at radius 3 is 2.89 bits per heavy atom. The zero-order valence-corrected chi connectivity index (χ0v) is 11.8. The Balaban J connectivity index is 2.23. The highest BCUT2D eigenvalue weighted by molar-refractivity contribution is 6.31. The van der Waals surface area contributed by atoms with Crippen LogP contribution in [0, 0.1) is 0 Å². The molecule has 1 aliphatic rings. The van der Waals surface area contributed by atoms with E-state index in [0.29, 0.717) is 18.2 Å². The fourth-order valence-electron chi connectivity index (χ4n) is 2.75. The summed E-state index contributed by atoms with van der Waals surface area (Å²) >= 11 is 6.18. The zero-order chi connectivity index (χ0) is 13.9. The van der Waals surface area contributed by atoms with Crippen LogP contribution in [-0.4, -0.2) is 36.6 Å². The van der Waals surface area contributed by atoms with E-state index in [9.17, 15) is 4.79 Å². The molecule has 0 aromatic heterocycles. The van der Waals surface area contributed by atoms with Crippen LogP contribution < -0.4 is 5.73 Å². The number of carbonyl (C=O) groups is 1. The largest absolute Gasteiger partial charge is 0.382 e. The van der Waals surface area contributed by atoms with Crippen molar-refractivity contribution < 1.29 is 9.53 Å². The van der Waals surface area contributed by atoms with E-state index >= 15 is 0 Å². The molecule has 0 spiro atoms. The highest BCUT2D eigenvalue weighted by Gasteiger charge is 2.46. The predicted octanol–water partition coefficient (Wildman–Crippen LogP) is 1.81. The van der Waals surface area contributed by atoms with Gasteiger partial charge in [0.05, 0.1) is 6.61 Å². The maximum atomic E-state index is 11.9. The summed E-state index contributed by atoms with van der Waals surface area (Å²) in [7, 11) is 1.59. The summed E-state index contributed by atoms with van der Waals surface area (Å²) in [5, 5.41) is 0.713. The molecule has 1 saturated heterocycles. The van der Waals surface area contributed by atoms with Gasteiger partial charge in [-0.2, -0.15) is 0 Å². The third kappa shape index (κ3) is 2.76. The normalized spacial score (nSPS) is 23.7. The van der Waals surface area contributed by atoms with E-state index in [1.165, 1.54) is 0 Å². The van der Waals surface area contributed by atoms with Gasteiger partial charge in [0.15, 0.2) is 0 Å². The number of methoxy groups -OCH3 is 1. The molecule has 2 N–H and O–H groups in total. The molecule has 2 rings (SSSR count). The van der Waals surface area contributed by atoms with Gasteiger partial charge in [-0.05, 0) is 31.0 Å². The molecule has 0 bridgehead atoms. The van der Waals surface area contributed by atoms with E-state index < -0.39 is 5.54 Å². The Bertz CT molecular complexity index is 467. The Hall–Kier alpha value is -1.10. The molecule has 0 saturated carbocycles. The molecule has 1 unspecified atom stereocenters. The van der Waals surface area contributed by atoms with Gasteiger partial charge in [0.1, 0.15) is 5.54 Å². The Morgan fingerprint density at radius 2 is 2.26 bits per heavy atom. The summed E-state index contributed by atoms with van der Waals surface area (Å²) in [5.41, 5.74) is 5.91. The van der Waals surface area contributed by atoms with Crippen molar-refractivity contribution in [2.75, 3.05) is 20.3 Å². The lowest BCUT2D eigenvalue weighted by Crippen LogP contribution is -2.56. The molecule has 1 fully saturated rings. The fraction of sp³-hybridized carbons (Fsp3) is 0.500. The van der Waals surface area contributed by atoms with Gasteiger partial charge in [-0.3, -0.25) is 9.69 Å². The molecule has 5 heteroatoms. The monoisotopic (exact) mass is 282 g/mol. The third-order valence-electron chi connectivity index (χ3n) is 3.78. The number of ether oxygens (including phenoxy) is 1. The number of hydrogen-bond donors (Lipinski definition) is 1. The van der Waals surface area contributed by atoms with Crippen LogP contribution in [0.2, 0.25) is 5.02 Å². The number of nitrogens with two attached hydrogens (primary N) is 1. The standard InChI is InChI=1S/C14H19ClN2O2/c1-19-10-14(13(16)18)7-4-8-17(14)9-11-5-2-3-6-12(11)15/h2-3,5-6H,4,7-10H2,1H3,(H2,16,18). The number of amides is 1. The van der Waals surface area contributed by atoms with Crippen molar-refractivity contribution in [2.24, 2.45) is 5.73 Å². The molecule has 0 radical (unpaired) electrons. The number of primary amides is 1. The lowest BCUT2D eigenvalue weighted by Gasteiger charge is -2.35. The van der Waals surface area contributed by atoms with Crippen LogP contribution in [0.4, 0.5) is 0 Å². The number of halogens is 1. The number of hydrogen-bond acceptors (Lipinski definition) is 3. The van der Waals surface area contributed by atoms with Crippen LogP contribution in [0.3, 0.4) is 0 Å². The first-order valence-corrected chi connectivity index (χ1v) is 6.75. The smallest absolute Gasteiger partial charge is 0.240 e. The third-order valence-corrected chi connectivity index (χ3v) is 4.15. The van der Waals surface area contributed by atoms with Crippen molar-refractivity contribution in [3.8, 4) is 0 Å². The molecule has 0 aliphatic carbocycles. The van der Waals surface area contributed by atoms with Crippen molar-refractivity contribution in [3.05, 3.63) is 34.9 Å². The van der Waals surface area contributed by atoms with Gasteiger partial charge >= 0.3 is 0 Å². The van der Waals surface area contributed by atoms with E-state index in [2.05, 4.69) is 4.90 Å². The van der Waals surface area contributed by atoms with E-state index in [0.717, 1.165) is 24.9 Å². The molecule has 1 amide bonds. The van der Waals surface area contributed by atoms with Gasteiger partial charge in [0.25, 0.3) is 0 Å². The predicted molar refractivity (Wildman–Crippen MR) is 74.9 cm³/mol. The Kier molecular flexibility index (Phi) is 4.45. The van der Waals surface area contributed by atoms with Gasteiger partial charge in [-0.1, -0.05) is 29.8 Å². The molecule has 1 aliphatic heterocycles. The van der Waals surface area contributed by atoms with Crippen LogP contribution in [0.1, 0.15) is 18.4 Å². The maximum absolute atomic E-state index is 11.9. The minimum absolute atomic E-state index is 0.320. The number of likely N-dealkylation sites (tertiary alicyclic amines) is 1. The lowest BCUT2D eigenvalue weighted by atomic mass is 9.96. The Labute approximate surface area is 118 Å². The molecular formula is C14H19ClN2O2. The first-order valence-electron chi connectivity index (χ1n) is 6.37. The summed E-state index contributed by atoms with van der Waals surface area (Å²) in [5.74, 6) is -0.320. The van der Waals surface area contributed by atoms with Crippen molar-refractivity contribution >= 4 is 17.5 Å². The van der Waals surface area contributed by atoms with Crippen LogP contribution in [0.5, 0.6) is 0 Å². The molecule has 1 atom stereocenters. The highest BCUT2D eigenvalue weighted by atomic mass is 35.5.